The van der Waals surface area contributed by atoms with Gasteiger partial charge in [0.1, 0.15) is 26.6 Å². The van der Waals surface area contributed by atoms with Crippen LogP contribution in [0.3, 0.4) is 0 Å². The molecule has 0 amide bonds. The van der Waals surface area contributed by atoms with E-state index < -0.39 is 0 Å². The van der Waals surface area contributed by atoms with E-state index in [1.54, 1.807) is 0 Å². The fourth-order valence-corrected chi connectivity index (χ4v) is 3.32. The normalized spacial score (nSPS) is 47.9. The van der Waals surface area contributed by atoms with Crippen LogP contribution in [-0.4, -0.2) is 71.6 Å². The molecule has 4 heterocycles. The summed E-state index contributed by atoms with van der Waals surface area (Å²) >= 11 is 5.66. The van der Waals surface area contributed by atoms with Crippen LogP contribution in [-0.2, 0) is 0 Å². The Labute approximate surface area is 95.9 Å². The minimum Gasteiger partial charge on any atom is -0.283 e. The standard InChI is InChI=1S/C10H18ClN4/c11-3-1-2-4-15-8-12-5-13(9-15)7-14(6-12)10-15/h1-2H,3-10H2/q+1. The van der Waals surface area contributed by atoms with Crippen LogP contribution in [0.4, 0.5) is 0 Å². The van der Waals surface area contributed by atoms with Crippen molar-refractivity contribution in [3.8, 4) is 0 Å². The Bertz CT molecular complexity index is 243. The van der Waals surface area contributed by atoms with Gasteiger partial charge < -0.3 is 0 Å². The molecule has 4 rings (SSSR count). The molecule has 0 atom stereocenters. The van der Waals surface area contributed by atoms with Crippen LogP contribution in [0.2, 0.25) is 0 Å². The van der Waals surface area contributed by atoms with Gasteiger partial charge in [0.2, 0.25) is 0 Å². The third kappa shape index (κ3) is 1.81. The van der Waals surface area contributed by atoms with E-state index in [1.165, 1.54) is 24.5 Å². The van der Waals surface area contributed by atoms with E-state index in [0.29, 0.717) is 5.88 Å². The van der Waals surface area contributed by atoms with Gasteiger partial charge in [-0.3, -0.25) is 4.48 Å². The predicted octanol–water partition coefficient (Wildman–Crippen LogP) is 0.290. The van der Waals surface area contributed by atoms with Crippen LogP contribution in [0.25, 0.3) is 0 Å². The molecule has 4 nitrogen and oxygen atoms in total. The summed E-state index contributed by atoms with van der Waals surface area (Å²) in [5, 5.41) is 0. The van der Waals surface area contributed by atoms with Crippen LogP contribution in [0, 0.1) is 0 Å². The highest BCUT2D eigenvalue weighted by atomic mass is 35.5. The first-order chi connectivity index (χ1) is 7.30. The molecular weight excluding hydrogens is 212 g/mol. The van der Waals surface area contributed by atoms with Crippen molar-refractivity contribution in [3.63, 3.8) is 0 Å². The predicted molar refractivity (Wildman–Crippen MR) is 59.7 cm³/mol. The highest BCUT2D eigenvalue weighted by Crippen LogP contribution is 2.28. The van der Waals surface area contributed by atoms with Gasteiger partial charge in [-0.2, -0.15) is 0 Å². The van der Waals surface area contributed by atoms with Crippen LogP contribution < -0.4 is 0 Å². The number of halogens is 1. The first-order valence-electron chi connectivity index (χ1n) is 5.53. The second kappa shape index (κ2) is 3.71. The summed E-state index contributed by atoms with van der Waals surface area (Å²) < 4.78 is 1.17. The molecule has 0 aromatic carbocycles. The summed E-state index contributed by atoms with van der Waals surface area (Å²) in [5.41, 5.74) is 0. The highest BCUT2D eigenvalue weighted by Gasteiger charge is 2.47. The number of quaternary nitrogens is 1. The quantitative estimate of drug-likeness (QED) is 0.391. The highest BCUT2D eigenvalue weighted by molar-refractivity contribution is 6.18. The molecule has 4 aliphatic heterocycles. The minimum absolute atomic E-state index is 0.636. The fourth-order valence-electron chi connectivity index (χ4n) is 3.19. The van der Waals surface area contributed by atoms with E-state index in [9.17, 15) is 0 Å². The van der Waals surface area contributed by atoms with Gasteiger partial charge in [-0.1, -0.05) is 6.08 Å². The zero-order valence-electron chi connectivity index (χ0n) is 8.98. The van der Waals surface area contributed by atoms with Gasteiger partial charge >= 0.3 is 0 Å². The van der Waals surface area contributed by atoms with Crippen LogP contribution in [0.15, 0.2) is 12.2 Å². The lowest BCUT2D eigenvalue weighted by Gasteiger charge is -2.60. The first kappa shape index (κ1) is 10.1. The van der Waals surface area contributed by atoms with Crippen molar-refractivity contribution in [1.82, 2.24) is 14.7 Å². The molecule has 4 bridgehead atoms. The second-order valence-electron chi connectivity index (χ2n) is 5.01. The average Bonchev–Trinajstić information content (AvgIpc) is 2.15. The van der Waals surface area contributed by atoms with Crippen molar-refractivity contribution in [3.05, 3.63) is 12.2 Å². The SMILES string of the molecule is ClCC=CC[N+]12CN3CN(CN(C3)C1)C2. The smallest absolute Gasteiger partial charge is 0.139 e. The maximum atomic E-state index is 5.66. The molecule has 0 aromatic heterocycles. The van der Waals surface area contributed by atoms with Crippen LogP contribution >= 0.6 is 11.6 Å². The zero-order valence-corrected chi connectivity index (χ0v) is 9.73. The molecule has 0 unspecified atom stereocenters. The zero-order chi connectivity index (χ0) is 10.3. The molecule has 0 aliphatic carbocycles. The monoisotopic (exact) mass is 229 g/mol. The van der Waals surface area contributed by atoms with E-state index in [4.69, 9.17) is 11.6 Å². The lowest BCUT2D eigenvalue weighted by molar-refractivity contribution is -0.975. The van der Waals surface area contributed by atoms with Gasteiger partial charge in [0.25, 0.3) is 0 Å². The molecule has 4 fully saturated rings. The molecular formula is C10H18ClN4+. The van der Waals surface area contributed by atoms with E-state index >= 15 is 0 Å². The van der Waals surface area contributed by atoms with Gasteiger partial charge in [-0.25, -0.2) is 14.7 Å². The Hall–Kier alpha value is -0.130. The number of nitrogens with zero attached hydrogens (tertiary/aromatic N) is 4. The maximum absolute atomic E-state index is 5.66. The molecule has 15 heavy (non-hydrogen) atoms. The van der Waals surface area contributed by atoms with Crippen molar-refractivity contribution in [2.24, 2.45) is 0 Å². The largest absolute Gasteiger partial charge is 0.283 e. The topological polar surface area (TPSA) is 9.72 Å². The van der Waals surface area contributed by atoms with E-state index in [2.05, 4.69) is 26.9 Å². The Morgan fingerprint density at radius 1 is 0.933 bits per heavy atom. The molecule has 4 aliphatic rings. The molecule has 84 valence electrons. The Morgan fingerprint density at radius 2 is 1.47 bits per heavy atom. The van der Waals surface area contributed by atoms with Crippen molar-refractivity contribution >= 4 is 11.6 Å². The molecule has 0 N–H and O–H groups in total. The molecule has 0 saturated carbocycles. The molecule has 4 saturated heterocycles. The first-order valence-corrected chi connectivity index (χ1v) is 6.06. The maximum Gasteiger partial charge on any atom is 0.139 e. The van der Waals surface area contributed by atoms with Crippen LogP contribution in [0.5, 0.6) is 0 Å². The lowest BCUT2D eigenvalue weighted by Crippen LogP contribution is -2.79. The average molecular weight is 230 g/mol. The van der Waals surface area contributed by atoms with E-state index in [-0.39, 0.29) is 0 Å². The van der Waals surface area contributed by atoms with Gasteiger partial charge in [-0.15, -0.1) is 11.6 Å². The molecule has 0 radical (unpaired) electrons. The minimum atomic E-state index is 0.636. The molecule has 0 spiro atoms. The summed E-state index contributed by atoms with van der Waals surface area (Å²) in [4.78, 5) is 7.60. The van der Waals surface area contributed by atoms with Gasteiger partial charge in [0.05, 0.1) is 20.0 Å². The van der Waals surface area contributed by atoms with Gasteiger partial charge in [-0.05, 0) is 6.08 Å². The number of hydrogen-bond acceptors (Lipinski definition) is 3. The molecule has 5 heteroatoms. The second-order valence-corrected chi connectivity index (χ2v) is 5.32. The Balaban J connectivity index is 1.72. The van der Waals surface area contributed by atoms with Crippen molar-refractivity contribution < 1.29 is 4.48 Å². The summed E-state index contributed by atoms with van der Waals surface area (Å²) in [7, 11) is 0. The summed E-state index contributed by atoms with van der Waals surface area (Å²) in [6.07, 6.45) is 4.31. The number of hydrogen-bond donors (Lipinski definition) is 0. The summed E-state index contributed by atoms with van der Waals surface area (Å²) in [6, 6.07) is 0. The number of allylic oxidation sites excluding steroid dienone is 1. The van der Waals surface area contributed by atoms with E-state index in [0.717, 1.165) is 26.6 Å². The van der Waals surface area contributed by atoms with Crippen molar-refractivity contribution in [1.29, 1.82) is 0 Å². The van der Waals surface area contributed by atoms with Crippen LogP contribution in [0.1, 0.15) is 0 Å². The van der Waals surface area contributed by atoms with E-state index in [1.807, 2.05) is 0 Å². The Morgan fingerprint density at radius 3 is 1.93 bits per heavy atom. The fraction of sp³-hybridized carbons (Fsp3) is 0.800. The van der Waals surface area contributed by atoms with Crippen molar-refractivity contribution in [2.45, 2.75) is 0 Å². The number of alkyl halides is 1. The summed E-state index contributed by atoms with van der Waals surface area (Å²) in [6.45, 7) is 8.23. The van der Waals surface area contributed by atoms with Gasteiger partial charge in [0, 0.05) is 5.88 Å². The third-order valence-corrected chi connectivity index (χ3v) is 3.63. The summed E-state index contributed by atoms with van der Waals surface area (Å²) in [5.74, 6) is 0.636. The van der Waals surface area contributed by atoms with Crippen molar-refractivity contribution in [2.75, 3.05) is 52.4 Å². The van der Waals surface area contributed by atoms with Gasteiger partial charge in [0.15, 0.2) is 0 Å². The number of rotatable bonds is 3. The third-order valence-electron chi connectivity index (χ3n) is 3.45. The Kier molecular flexibility index (Phi) is 2.49. The lowest BCUT2D eigenvalue weighted by atomic mass is 10.3. The molecule has 0 aromatic rings.